The van der Waals surface area contributed by atoms with E-state index in [-0.39, 0.29) is 18.6 Å². The van der Waals surface area contributed by atoms with Gasteiger partial charge < -0.3 is 14.2 Å². The SMILES string of the molecule is CCOC(=O)C1(C(=O)OCC)Cc2cpc(C(C)(C)c3ccc(OC)cc3)cc2C1. The molecule has 0 radical (unpaired) electrons. The van der Waals surface area contributed by atoms with Gasteiger partial charge in [0.15, 0.2) is 5.41 Å². The van der Waals surface area contributed by atoms with Crippen LogP contribution in [0.15, 0.2) is 36.1 Å². The highest BCUT2D eigenvalue weighted by Crippen LogP contribution is 2.45. The van der Waals surface area contributed by atoms with E-state index in [1.54, 1.807) is 21.0 Å². The van der Waals surface area contributed by atoms with Gasteiger partial charge in [-0.1, -0.05) is 40.2 Å². The lowest BCUT2D eigenvalue weighted by Crippen LogP contribution is -2.43. The Morgan fingerprint density at radius 2 is 1.57 bits per heavy atom. The number of benzene rings is 1. The van der Waals surface area contributed by atoms with Gasteiger partial charge in [-0.25, -0.2) is 0 Å². The van der Waals surface area contributed by atoms with Crippen molar-refractivity contribution < 1.29 is 23.8 Å². The molecule has 0 N–H and O–H groups in total. The fraction of sp³-hybridized carbons (Fsp3) is 0.458. The summed E-state index contributed by atoms with van der Waals surface area (Å²) < 4.78 is 15.8. The van der Waals surface area contributed by atoms with E-state index in [1.807, 2.05) is 12.1 Å². The smallest absolute Gasteiger partial charge is 0.324 e. The van der Waals surface area contributed by atoms with Crippen LogP contribution in [0.3, 0.4) is 0 Å². The highest BCUT2D eigenvalue weighted by atomic mass is 31.0. The van der Waals surface area contributed by atoms with Crippen LogP contribution in [0, 0.1) is 5.41 Å². The molecule has 0 unspecified atom stereocenters. The maximum absolute atomic E-state index is 12.8. The van der Waals surface area contributed by atoms with Gasteiger partial charge in [0.2, 0.25) is 0 Å². The number of fused-ring (bicyclic) bond motifs is 1. The zero-order valence-corrected chi connectivity index (χ0v) is 19.2. The van der Waals surface area contributed by atoms with E-state index in [9.17, 15) is 9.59 Å². The van der Waals surface area contributed by atoms with Gasteiger partial charge in [-0.3, -0.25) is 9.59 Å². The van der Waals surface area contributed by atoms with Crippen LogP contribution in [-0.2, 0) is 37.3 Å². The molecular weight excluding hydrogens is 399 g/mol. The third kappa shape index (κ3) is 3.96. The summed E-state index contributed by atoms with van der Waals surface area (Å²) in [6, 6.07) is 10.2. The van der Waals surface area contributed by atoms with E-state index in [2.05, 4.69) is 37.8 Å². The standard InChI is InChI=1S/C24H29O5P/c1-6-28-21(25)24(22(26)29-7-2)13-16-12-20(30-15-17(16)14-24)23(3,4)18-8-10-19(27-5)11-9-18/h8-12,15H,6-7,13-14H2,1-5H3. The van der Waals surface area contributed by atoms with Gasteiger partial charge in [-0.2, -0.15) is 0 Å². The molecular formula is C24H29O5P. The van der Waals surface area contributed by atoms with Gasteiger partial charge >= 0.3 is 11.9 Å². The van der Waals surface area contributed by atoms with Crippen molar-refractivity contribution in [1.82, 2.24) is 0 Å². The van der Waals surface area contributed by atoms with Gasteiger partial charge in [0.1, 0.15) is 5.75 Å². The fourth-order valence-corrected chi connectivity index (χ4v) is 5.20. The van der Waals surface area contributed by atoms with Gasteiger partial charge in [0.25, 0.3) is 0 Å². The molecule has 0 saturated heterocycles. The molecule has 0 amide bonds. The molecule has 0 bridgehead atoms. The lowest BCUT2D eigenvalue weighted by molar-refractivity contribution is -0.171. The molecule has 1 aromatic carbocycles. The molecule has 0 atom stereocenters. The average Bonchev–Trinajstić information content (AvgIpc) is 3.14. The van der Waals surface area contributed by atoms with Gasteiger partial charge in [0, 0.05) is 11.8 Å². The first-order valence-corrected chi connectivity index (χ1v) is 11.2. The summed E-state index contributed by atoms with van der Waals surface area (Å²) in [6.45, 7) is 8.34. The van der Waals surface area contributed by atoms with E-state index >= 15 is 0 Å². The third-order valence-electron chi connectivity index (χ3n) is 5.85. The average molecular weight is 428 g/mol. The Balaban J connectivity index is 1.95. The minimum Gasteiger partial charge on any atom is -0.497 e. The largest absolute Gasteiger partial charge is 0.497 e. The Hall–Kier alpha value is -2.39. The van der Waals surface area contributed by atoms with Crippen LogP contribution in [-0.4, -0.2) is 32.3 Å². The molecule has 1 aliphatic carbocycles. The maximum Gasteiger partial charge on any atom is 0.324 e. The van der Waals surface area contributed by atoms with E-state index in [1.165, 1.54) is 10.9 Å². The Morgan fingerprint density at radius 1 is 1.00 bits per heavy atom. The molecule has 1 heterocycles. The molecule has 0 saturated carbocycles. The summed E-state index contributed by atoms with van der Waals surface area (Å²) in [5.41, 5.74) is 1.75. The molecule has 0 aliphatic heterocycles. The summed E-state index contributed by atoms with van der Waals surface area (Å²) in [6.07, 6.45) is 0.647. The monoisotopic (exact) mass is 428 g/mol. The van der Waals surface area contributed by atoms with E-state index in [4.69, 9.17) is 14.2 Å². The number of rotatable bonds is 7. The molecule has 2 aromatic rings. The van der Waals surface area contributed by atoms with Gasteiger partial charge in [-0.15, -0.1) is 0 Å². The normalized spacial score (nSPS) is 15.0. The predicted octanol–water partition coefficient (Wildman–Crippen LogP) is 4.81. The van der Waals surface area contributed by atoms with Crippen LogP contribution in [0.1, 0.15) is 49.7 Å². The topological polar surface area (TPSA) is 61.8 Å². The first kappa shape index (κ1) is 22.3. The molecule has 5 nitrogen and oxygen atoms in total. The zero-order chi connectivity index (χ0) is 21.9. The lowest BCUT2D eigenvalue weighted by Gasteiger charge is -2.26. The first-order valence-electron chi connectivity index (χ1n) is 10.3. The van der Waals surface area contributed by atoms with E-state index < -0.39 is 17.4 Å². The number of hydrogen-bond acceptors (Lipinski definition) is 5. The van der Waals surface area contributed by atoms with Crippen molar-refractivity contribution in [1.29, 1.82) is 0 Å². The second-order valence-electron chi connectivity index (χ2n) is 8.07. The molecule has 3 rings (SSSR count). The van der Waals surface area contributed by atoms with Crippen molar-refractivity contribution in [2.45, 2.75) is 46.0 Å². The summed E-state index contributed by atoms with van der Waals surface area (Å²) in [7, 11) is 2.72. The molecule has 0 spiro atoms. The molecule has 160 valence electrons. The van der Waals surface area contributed by atoms with Gasteiger partial charge in [0.05, 0.1) is 20.3 Å². The first-order chi connectivity index (χ1) is 14.3. The summed E-state index contributed by atoms with van der Waals surface area (Å²) in [5, 5.41) is 1.22. The van der Waals surface area contributed by atoms with Gasteiger partial charge in [-0.05, 0) is 60.2 Å². The van der Waals surface area contributed by atoms with Crippen LogP contribution >= 0.6 is 8.19 Å². The summed E-state index contributed by atoms with van der Waals surface area (Å²) in [4.78, 5) is 25.6. The minimum atomic E-state index is -1.28. The number of esters is 2. The number of carbonyl (C=O) groups excluding carboxylic acids is 2. The quantitative estimate of drug-likeness (QED) is 0.468. The zero-order valence-electron chi connectivity index (χ0n) is 18.3. The van der Waals surface area contributed by atoms with Crippen molar-refractivity contribution >= 4 is 20.1 Å². The Labute approximate surface area is 179 Å². The van der Waals surface area contributed by atoms with Crippen LogP contribution < -0.4 is 4.74 Å². The third-order valence-corrected chi connectivity index (χ3v) is 7.26. The van der Waals surface area contributed by atoms with E-state index in [0.717, 1.165) is 25.1 Å². The molecule has 1 aromatic heterocycles. The summed E-state index contributed by atoms with van der Waals surface area (Å²) in [5.74, 6) is 1.96. The maximum atomic E-state index is 12.8. The lowest BCUT2D eigenvalue weighted by atomic mass is 9.82. The van der Waals surface area contributed by atoms with Crippen molar-refractivity contribution in [3.63, 3.8) is 0 Å². The number of ether oxygens (including phenoxy) is 3. The van der Waals surface area contributed by atoms with Crippen molar-refractivity contribution in [3.05, 3.63) is 58.1 Å². The molecule has 6 heteroatoms. The Morgan fingerprint density at radius 3 is 2.10 bits per heavy atom. The molecule has 30 heavy (non-hydrogen) atoms. The minimum absolute atomic E-state index is 0.206. The van der Waals surface area contributed by atoms with Crippen LogP contribution in [0.25, 0.3) is 0 Å². The van der Waals surface area contributed by atoms with Crippen LogP contribution in [0.2, 0.25) is 0 Å². The van der Waals surface area contributed by atoms with Crippen LogP contribution in [0.4, 0.5) is 0 Å². The van der Waals surface area contributed by atoms with E-state index in [0.29, 0.717) is 12.8 Å². The molecule has 1 aliphatic rings. The predicted molar refractivity (Wildman–Crippen MR) is 117 cm³/mol. The number of carbonyl (C=O) groups is 2. The second kappa shape index (κ2) is 8.77. The fourth-order valence-electron chi connectivity index (χ4n) is 3.97. The highest BCUT2D eigenvalue weighted by molar-refractivity contribution is 7.30. The highest BCUT2D eigenvalue weighted by Gasteiger charge is 2.53. The Bertz CT molecular complexity index is 915. The van der Waals surface area contributed by atoms with Crippen molar-refractivity contribution in [2.75, 3.05) is 20.3 Å². The summed E-state index contributed by atoms with van der Waals surface area (Å²) >= 11 is 0. The van der Waals surface area contributed by atoms with Crippen molar-refractivity contribution in [3.8, 4) is 5.75 Å². The second-order valence-corrected chi connectivity index (χ2v) is 9.07. The number of hydrogen-bond donors (Lipinski definition) is 0. The molecule has 0 fully saturated rings. The number of methoxy groups -OCH3 is 1. The van der Waals surface area contributed by atoms with Crippen molar-refractivity contribution in [2.24, 2.45) is 5.41 Å². The Kier molecular flexibility index (Phi) is 6.52. The van der Waals surface area contributed by atoms with Crippen LogP contribution in [0.5, 0.6) is 5.75 Å².